The van der Waals surface area contributed by atoms with Gasteiger partial charge in [0, 0.05) is 17.0 Å². The molecule has 2 aromatic heterocycles. The van der Waals surface area contributed by atoms with E-state index in [9.17, 15) is 23.2 Å². The van der Waals surface area contributed by atoms with Crippen LogP contribution in [0.2, 0.25) is 0 Å². The van der Waals surface area contributed by atoms with Gasteiger partial charge in [-0.05, 0) is 6.07 Å². The number of anilines is 2. The Bertz CT molecular complexity index is 1100. The van der Waals surface area contributed by atoms with Crippen LogP contribution in [0, 0.1) is 11.3 Å². The first-order valence-electron chi connectivity index (χ1n) is 8.13. The molecular weight excluding hydrogens is 373 g/mol. The van der Waals surface area contributed by atoms with Crippen LogP contribution in [0.4, 0.5) is 29.3 Å². The van der Waals surface area contributed by atoms with Gasteiger partial charge in [-0.2, -0.15) is 23.5 Å². The maximum absolute atomic E-state index is 13.0. The van der Waals surface area contributed by atoms with Gasteiger partial charge in [0.15, 0.2) is 5.69 Å². The van der Waals surface area contributed by atoms with Gasteiger partial charge in [0.2, 0.25) is 0 Å². The van der Waals surface area contributed by atoms with Crippen molar-refractivity contribution in [1.29, 1.82) is 5.26 Å². The summed E-state index contributed by atoms with van der Waals surface area (Å²) in [6.07, 6.45) is -0.549. The van der Waals surface area contributed by atoms with Crippen LogP contribution in [0.15, 0.2) is 48.9 Å². The number of amides is 2. The molecule has 1 aromatic carbocycles. The zero-order chi connectivity index (χ0) is 19.9. The van der Waals surface area contributed by atoms with Crippen molar-refractivity contribution in [2.75, 3.05) is 16.3 Å². The molecule has 10 heteroatoms. The Morgan fingerprint density at radius 3 is 2.71 bits per heavy atom. The van der Waals surface area contributed by atoms with E-state index in [4.69, 9.17) is 0 Å². The van der Waals surface area contributed by atoms with Gasteiger partial charge in [-0.15, -0.1) is 5.10 Å². The quantitative estimate of drug-likeness (QED) is 0.676. The highest BCUT2D eigenvalue weighted by Crippen LogP contribution is 2.34. The first-order chi connectivity index (χ1) is 13.4. The van der Waals surface area contributed by atoms with E-state index in [2.05, 4.69) is 15.2 Å². The third-order valence-corrected chi connectivity index (χ3v) is 4.40. The molecule has 1 saturated heterocycles. The summed E-state index contributed by atoms with van der Waals surface area (Å²) in [5, 5.41) is 17.4. The van der Waals surface area contributed by atoms with Crippen molar-refractivity contribution in [3.63, 3.8) is 0 Å². The summed E-state index contributed by atoms with van der Waals surface area (Å²) < 4.78 is 38.8. The monoisotopic (exact) mass is 384 g/mol. The average molecular weight is 384 g/mol. The number of hydrogen-bond acceptors (Lipinski definition) is 5. The number of alkyl halides is 3. The van der Waals surface area contributed by atoms with Crippen LogP contribution in [-0.4, -0.2) is 33.8 Å². The standard InChI is InChI=1S/C18H11F3N6O/c19-18(20,21)16-5-12(8-24-25-16)26-10-13(6-22)27(17(26)28)15-9-23-7-11-3-1-2-4-14(11)15/h1-5,7-9,13H,10H2. The fourth-order valence-electron chi connectivity index (χ4n) is 3.12. The topological polar surface area (TPSA) is 86.0 Å². The van der Waals surface area contributed by atoms with Crippen LogP contribution in [0.1, 0.15) is 5.69 Å². The summed E-state index contributed by atoms with van der Waals surface area (Å²) >= 11 is 0. The Morgan fingerprint density at radius 2 is 1.96 bits per heavy atom. The van der Waals surface area contributed by atoms with Crippen LogP contribution in [-0.2, 0) is 6.18 Å². The lowest BCUT2D eigenvalue weighted by Crippen LogP contribution is -2.34. The third-order valence-electron chi connectivity index (χ3n) is 4.40. The molecule has 3 heterocycles. The third kappa shape index (κ3) is 2.87. The van der Waals surface area contributed by atoms with Crippen LogP contribution < -0.4 is 9.80 Å². The van der Waals surface area contributed by atoms with E-state index in [1.165, 1.54) is 11.1 Å². The van der Waals surface area contributed by atoms with Gasteiger partial charge < -0.3 is 0 Å². The summed E-state index contributed by atoms with van der Waals surface area (Å²) in [7, 11) is 0. The van der Waals surface area contributed by atoms with Crippen LogP contribution in [0.25, 0.3) is 10.8 Å². The Morgan fingerprint density at radius 1 is 1.18 bits per heavy atom. The second-order valence-corrected chi connectivity index (χ2v) is 6.08. The molecule has 1 aliphatic heterocycles. The summed E-state index contributed by atoms with van der Waals surface area (Å²) in [6.45, 7) is -0.110. The van der Waals surface area contributed by atoms with E-state index in [0.717, 1.165) is 22.5 Å². The number of carbonyl (C=O) groups is 1. The molecule has 0 radical (unpaired) electrons. The molecule has 1 aliphatic rings. The molecule has 1 fully saturated rings. The number of fused-ring (bicyclic) bond motifs is 1. The molecule has 3 aromatic rings. The molecular formula is C18H11F3N6O. The minimum absolute atomic E-state index is 0.0803. The molecule has 0 spiro atoms. The van der Waals surface area contributed by atoms with Gasteiger partial charge in [0.25, 0.3) is 0 Å². The molecule has 0 bridgehead atoms. The summed E-state index contributed by atoms with van der Waals surface area (Å²) in [6, 6.07) is 8.43. The Kier molecular flexibility index (Phi) is 4.07. The molecule has 4 rings (SSSR count). The van der Waals surface area contributed by atoms with Gasteiger partial charge in [0.1, 0.15) is 6.04 Å². The number of carbonyl (C=O) groups excluding carboxylic acids is 1. The highest BCUT2D eigenvalue weighted by molar-refractivity contribution is 6.11. The minimum Gasteiger partial charge on any atom is -0.289 e. The predicted octanol–water partition coefficient (Wildman–Crippen LogP) is 3.38. The first-order valence-corrected chi connectivity index (χ1v) is 8.13. The lowest BCUT2D eigenvalue weighted by Gasteiger charge is -2.21. The number of urea groups is 1. The number of hydrogen-bond donors (Lipinski definition) is 0. The fraction of sp³-hybridized carbons (Fsp3) is 0.167. The second-order valence-electron chi connectivity index (χ2n) is 6.08. The minimum atomic E-state index is -4.69. The van der Waals surface area contributed by atoms with Gasteiger partial charge in [-0.3, -0.25) is 14.8 Å². The zero-order valence-electron chi connectivity index (χ0n) is 14.1. The van der Waals surface area contributed by atoms with E-state index in [1.54, 1.807) is 18.3 Å². The molecule has 7 nitrogen and oxygen atoms in total. The summed E-state index contributed by atoms with van der Waals surface area (Å²) in [5.74, 6) is 0. The van der Waals surface area contributed by atoms with Crippen molar-refractivity contribution in [2.24, 2.45) is 0 Å². The Labute approximate surface area is 156 Å². The van der Waals surface area contributed by atoms with E-state index < -0.39 is 23.9 Å². The molecule has 2 amide bonds. The normalized spacial score (nSPS) is 17.2. The SMILES string of the molecule is N#CC1CN(c2cnnc(C(F)(F)F)c2)C(=O)N1c1cncc2ccccc12. The van der Waals surface area contributed by atoms with Crippen LogP contribution in [0.3, 0.4) is 0 Å². The molecule has 1 atom stereocenters. The maximum atomic E-state index is 13.0. The summed E-state index contributed by atoms with van der Waals surface area (Å²) in [5.41, 5.74) is -0.880. The summed E-state index contributed by atoms with van der Waals surface area (Å²) in [4.78, 5) is 19.5. The Balaban J connectivity index is 1.78. The van der Waals surface area contributed by atoms with Crippen molar-refractivity contribution in [3.05, 3.63) is 54.6 Å². The number of nitriles is 1. The number of benzene rings is 1. The number of aromatic nitrogens is 3. The van der Waals surface area contributed by atoms with Crippen molar-refractivity contribution >= 4 is 28.2 Å². The number of rotatable bonds is 2. The molecule has 28 heavy (non-hydrogen) atoms. The second kappa shape index (κ2) is 6.45. The van der Waals surface area contributed by atoms with Crippen LogP contribution >= 0.6 is 0 Å². The van der Waals surface area contributed by atoms with Crippen molar-refractivity contribution in [2.45, 2.75) is 12.2 Å². The largest absolute Gasteiger partial charge is 0.435 e. The van der Waals surface area contributed by atoms with Gasteiger partial charge in [-0.1, -0.05) is 24.3 Å². The first kappa shape index (κ1) is 17.7. The number of nitrogens with zero attached hydrogens (tertiary/aromatic N) is 6. The highest BCUT2D eigenvalue weighted by Gasteiger charge is 2.41. The zero-order valence-corrected chi connectivity index (χ0v) is 14.1. The van der Waals surface area contributed by atoms with Gasteiger partial charge >= 0.3 is 12.2 Å². The average Bonchev–Trinajstić information content (AvgIpc) is 3.03. The van der Waals surface area contributed by atoms with Crippen molar-refractivity contribution in [3.8, 4) is 6.07 Å². The van der Waals surface area contributed by atoms with E-state index in [0.29, 0.717) is 11.1 Å². The van der Waals surface area contributed by atoms with Crippen molar-refractivity contribution < 1.29 is 18.0 Å². The molecule has 0 saturated carbocycles. The number of pyridine rings is 1. The molecule has 1 unspecified atom stereocenters. The maximum Gasteiger partial charge on any atom is 0.435 e. The van der Waals surface area contributed by atoms with E-state index >= 15 is 0 Å². The van der Waals surface area contributed by atoms with E-state index in [1.807, 2.05) is 18.2 Å². The lowest BCUT2D eigenvalue weighted by molar-refractivity contribution is -0.141. The lowest BCUT2D eigenvalue weighted by atomic mass is 10.1. The predicted molar refractivity (Wildman–Crippen MR) is 93.4 cm³/mol. The molecule has 0 N–H and O–H groups in total. The van der Waals surface area contributed by atoms with Crippen molar-refractivity contribution in [1.82, 2.24) is 15.2 Å². The Hall–Kier alpha value is -3.74. The van der Waals surface area contributed by atoms with Crippen LogP contribution in [0.5, 0.6) is 0 Å². The van der Waals surface area contributed by atoms with E-state index in [-0.39, 0.29) is 12.2 Å². The highest BCUT2D eigenvalue weighted by atomic mass is 19.4. The fourth-order valence-corrected chi connectivity index (χ4v) is 3.12. The molecule has 0 aliphatic carbocycles. The van der Waals surface area contributed by atoms with Gasteiger partial charge in [-0.25, -0.2) is 4.79 Å². The molecule has 140 valence electrons. The number of halogens is 3. The smallest absolute Gasteiger partial charge is 0.289 e. The van der Waals surface area contributed by atoms with Gasteiger partial charge in [0.05, 0.1) is 36.4 Å².